The Labute approximate surface area is 143 Å². The third kappa shape index (κ3) is 4.23. The zero-order valence-corrected chi connectivity index (χ0v) is 14.7. The van der Waals surface area contributed by atoms with Gasteiger partial charge in [0.1, 0.15) is 5.54 Å². The number of benzene rings is 1. The quantitative estimate of drug-likeness (QED) is 0.736. The number of fused-ring (bicyclic) bond motifs is 1. The van der Waals surface area contributed by atoms with Gasteiger partial charge in [-0.25, -0.2) is 4.79 Å². The molecule has 0 aliphatic carbocycles. The lowest BCUT2D eigenvalue weighted by Crippen LogP contribution is -2.44. The minimum Gasteiger partial charge on any atom is -0.480 e. The maximum absolute atomic E-state index is 11.9. The topological polar surface area (TPSA) is 65.5 Å². The van der Waals surface area contributed by atoms with Gasteiger partial charge in [0, 0.05) is 17.3 Å². The van der Waals surface area contributed by atoms with Crippen molar-refractivity contribution in [1.82, 2.24) is 9.88 Å². The first-order chi connectivity index (χ1) is 11.5. The zero-order chi connectivity index (χ0) is 17.6. The molecule has 1 atom stereocenters. The fourth-order valence-electron chi connectivity index (χ4n) is 2.92. The molecule has 0 fully saturated rings. The van der Waals surface area contributed by atoms with Gasteiger partial charge in [-0.2, -0.15) is 0 Å². The second-order valence-electron chi connectivity index (χ2n) is 6.27. The smallest absolute Gasteiger partial charge is 0.329 e. The summed E-state index contributed by atoms with van der Waals surface area (Å²) < 4.78 is 0. The molecule has 130 valence electrons. The van der Waals surface area contributed by atoms with E-state index in [4.69, 9.17) is 0 Å². The summed E-state index contributed by atoms with van der Waals surface area (Å²) in [6.45, 7) is 8.90. The maximum atomic E-state index is 11.9. The SMILES string of the molecule is CCN(CC)CCCC(C)(Nc1ccnc2ccccc12)C(=O)O. The number of para-hydroxylation sites is 1. The van der Waals surface area contributed by atoms with Crippen LogP contribution in [0.25, 0.3) is 10.9 Å². The largest absolute Gasteiger partial charge is 0.480 e. The van der Waals surface area contributed by atoms with E-state index < -0.39 is 11.5 Å². The second kappa shape index (κ2) is 8.11. The molecule has 0 amide bonds. The summed E-state index contributed by atoms with van der Waals surface area (Å²) in [6, 6.07) is 9.60. The van der Waals surface area contributed by atoms with Gasteiger partial charge in [0.2, 0.25) is 0 Å². The predicted molar refractivity (Wildman–Crippen MR) is 98.4 cm³/mol. The maximum Gasteiger partial charge on any atom is 0.329 e. The lowest BCUT2D eigenvalue weighted by molar-refractivity contribution is -0.142. The van der Waals surface area contributed by atoms with E-state index >= 15 is 0 Å². The average Bonchev–Trinajstić information content (AvgIpc) is 2.59. The van der Waals surface area contributed by atoms with Gasteiger partial charge in [-0.1, -0.05) is 32.0 Å². The molecular formula is C19H27N3O2. The van der Waals surface area contributed by atoms with Crippen molar-refractivity contribution in [3.63, 3.8) is 0 Å². The van der Waals surface area contributed by atoms with Crippen LogP contribution in [-0.4, -0.2) is 46.1 Å². The Hall–Kier alpha value is -2.14. The molecule has 0 bridgehead atoms. The number of nitrogens with one attached hydrogen (secondary N) is 1. The Bertz CT molecular complexity index is 680. The summed E-state index contributed by atoms with van der Waals surface area (Å²) in [4.78, 5) is 18.5. The van der Waals surface area contributed by atoms with Crippen molar-refractivity contribution in [3.8, 4) is 0 Å². The van der Waals surface area contributed by atoms with Gasteiger partial charge in [-0.3, -0.25) is 4.98 Å². The summed E-state index contributed by atoms with van der Waals surface area (Å²) in [5.74, 6) is -0.831. The minimum absolute atomic E-state index is 0.565. The summed E-state index contributed by atoms with van der Waals surface area (Å²) >= 11 is 0. The highest BCUT2D eigenvalue weighted by molar-refractivity contribution is 5.93. The van der Waals surface area contributed by atoms with Gasteiger partial charge in [-0.05, 0) is 51.5 Å². The lowest BCUT2D eigenvalue weighted by Gasteiger charge is -2.29. The molecule has 0 spiro atoms. The summed E-state index contributed by atoms with van der Waals surface area (Å²) in [5.41, 5.74) is 0.670. The van der Waals surface area contributed by atoms with Gasteiger partial charge >= 0.3 is 5.97 Å². The number of pyridine rings is 1. The molecule has 2 rings (SSSR count). The number of carboxylic acid groups (broad SMARTS) is 1. The first-order valence-electron chi connectivity index (χ1n) is 8.58. The van der Waals surface area contributed by atoms with Gasteiger partial charge in [0.05, 0.1) is 5.52 Å². The number of carboxylic acids is 1. The summed E-state index contributed by atoms with van der Waals surface area (Å²) in [6.07, 6.45) is 3.11. The van der Waals surface area contributed by atoms with Crippen LogP contribution in [0.3, 0.4) is 0 Å². The van der Waals surface area contributed by atoms with Gasteiger partial charge in [0.15, 0.2) is 0 Å². The lowest BCUT2D eigenvalue weighted by atomic mass is 9.94. The Morgan fingerprint density at radius 2 is 1.96 bits per heavy atom. The number of hydrogen-bond acceptors (Lipinski definition) is 4. The number of aromatic nitrogens is 1. The number of anilines is 1. The zero-order valence-electron chi connectivity index (χ0n) is 14.7. The Balaban J connectivity index is 2.16. The molecule has 0 aliphatic heterocycles. The number of aliphatic carboxylic acids is 1. The van der Waals surface area contributed by atoms with Crippen molar-refractivity contribution in [3.05, 3.63) is 36.5 Å². The molecule has 1 heterocycles. The first-order valence-corrected chi connectivity index (χ1v) is 8.58. The Kier molecular flexibility index (Phi) is 6.15. The summed E-state index contributed by atoms with van der Waals surface area (Å²) in [7, 11) is 0. The Morgan fingerprint density at radius 3 is 2.62 bits per heavy atom. The van der Waals surface area contributed by atoms with Crippen molar-refractivity contribution in [2.24, 2.45) is 0 Å². The standard InChI is InChI=1S/C19H27N3O2/c1-4-22(5-2)14-8-12-19(3,18(23)24)21-17-11-13-20-16-10-7-6-9-15(16)17/h6-7,9-11,13H,4-5,8,12,14H2,1-3H3,(H,20,21)(H,23,24). The molecule has 0 aliphatic rings. The van der Waals surface area contributed by atoms with Crippen molar-refractivity contribution in [1.29, 1.82) is 0 Å². The van der Waals surface area contributed by atoms with Crippen LogP contribution in [0.2, 0.25) is 0 Å². The monoisotopic (exact) mass is 329 g/mol. The van der Waals surface area contributed by atoms with E-state index in [2.05, 4.69) is 29.0 Å². The van der Waals surface area contributed by atoms with Crippen LogP contribution >= 0.6 is 0 Å². The van der Waals surface area contributed by atoms with Crippen molar-refractivity contribution in [2.75, 3.05) is 25.0 Å². The minimum atomic E-state index is -1.00. The number of nitrogens with zero attached hydrogens (tertiary/aromatic N) is 2. The number of carbonyl (C=O) groups is 1. The van der Waals surface area contributed by atoms with E-state index in [0.29, 0.717) is 6.42 Å². The Morgan fingerprint density at radius 1 is 1.25 bits per heavy atom. The van der Waals surface area contributed by atoms with Crippen LogP contribution < -0.4 is 5.32 Å². The van der Waals surface area contributed by atoms with Crippen LogP contribution in [0.1, 0.15) is 33.6 Å². The number of hydrogen-bond donors (Lipinski definition) is 2. The molecule has 2 aromatic rings. The average molecular weight is 329 g/mol. The highest BCUT2D eigenvalue weighted by atomic mass is 16.4. The van der Waals surface area contributed by atoms with E-state index in [1.807, 2.05) is 30.3 Å². The fourth-order valence-corrected chi connectivity index (χ4v) is 2.92. The third-order valence-corrected chi connectivity index (χ3v) is 4.58. The van der Waals surface area contributed by atoms with Gasteiger partial charge < -0.3 is 15.3 Å². The van der Waals surface area contributed by atoms with Gasteiger partial charge in [0.25, 0.3) is 0 Å². The molecule has 0 saturated carbocycles. The molecule has 5 heteroatoms. The highest BCUT2D eigenvalue weighted by Gasteiger charge is 2.33. The van der Waals surface area contributed by atoms with Gasteiger partial charge in [-0.15, -0.1) is 0 Å². The molecule has 0 radical (unpaired) electrons. The number of rotatable bonds is 9. The van der Waals surface area contributed by atoms with Crippen molar-refractivity contribution in [2.45, 2.75) is 39.2 Å². The van der Waals surface area contributed by atoms with Crippen LogP contribution in [0.4, 0.5) is 5.69 Å². The van der Waals surface area contributed by atoms with Crippen LogP contribution in [0, 0.1) is 0 Å². The molecule has 24 heavy (non-hydrogen) atoms. The van der Waals surface area contributed by atoms with Crippen LogP contribution in [0.15, 0.2) is 36.5 Å². The fraction of sp³-hybridized carbons (Fsp3) is 0.474. The molecule has 0 saturated heterocycles. The van der Waals surface area contributed by atoms with Crippen molar-refractivity contribution >= 4 is 22.6 Å². The van der Waals surface area contributed by atoms with E-state index in [9.17, 15) is 9.90 Å². The second-order valence-corrected chi connectivity index (χ2v) is 6.27. The van der Waals surface area contributed by atoms with Crippen LogP contribution in [-0.2, 0) is 4.79 Å². The summed E-state index contributed by atoms with van der Waals surface area (Å²) in [5, 5.41) is 13.9. The van der Waals surface area contributed by atoms with E-state index in [0.717, 1.165) is 42.6 Å². The van der Waals surface area contributed by atoms with Crippen LogP contribution in [0.5, 0.6) is 0 Å². The third-order valence-electron chi connectivity index (χ3n) is 4.58. The first kappa shape index (κ1) is 18.2. The molecule has 1 unspecified atom stereocenters. The molecule has 5 nitrogen and oxygen atoms in total. The highest BCUT2D eigenvalue weighted by Crippen LogP contribution is 2.26. The normalized spacial score (nSPS) is 13.8. The molecule has 1 aromatic carbocycles. The molecule has 1 aromatic heterocycles. The van der Waals surface area contributed by atoms with E-state index in [1.54, 1.807) is 13.1 Å². The van der Waals surface area contributed by atoms with E-state index in [-0.39, 0.29) is 0 Å². The molecular weight excluding hydrogens is 302 g/mol. The van der Waals surface area contributed by atoms with Crippen molar-refractivity contribution < 1.29 is 9.90 Å². The predicted octanol–water partition coefficient (Wildman–Crippen LogP) is 3.61. The van der Waals surface area contributed by atoms with E-state index in [1.165, 1.54) is 0 Å². The molecule has 2 N–H and O–H groups in total.